The molecular formula is C30H34F3N5O7. The first-order valence-electron chi connectivity index (χ1n) is 13.3. The number of nitrogens with one attached hydrogen (secondary N) is 4. The third-order valence-corrected chi connectivity index (χ3v) is 5.61. The molecule has 0 saturated carbocycles. The second kappa shape index (κ2) is 16.4. The summed E-state index contributed by atoms with van der Waals surface area (Å²) in [5, 5.41) is 17.9. The number of carboxylic acids is 1. The number of aliphatic carboxylic acids is 1. The first kappa shape index (κ1) is 35.7. The lowest BCUT2D eigenvalue weighted by molar-refractivity contribution is -0.192. The maximum atomic E-state index is 13.4. The SMILES string of the molecule is CCOc1cc(C(Nc2ccc(C(=N)N)cc2)C(=O)NNC(=O)c2cccc(OC)c2)ccc1OC(C)C.O=C(O)C(F)(F)F. The molecule has 0 aliphatic carbocycles. The molecule has 0 fully saturated rings. The molecular weight excluding hydrogens is 599 g/mol. The number of methoxy groups -OCH3 is 1. The summed E-state index contributed by atoms with van der Waals surface area (Å²) in [7, 11) is 1.51. The summed E-state index contributed by atoms with van der Waals surface area (Å²) in [6.07, 6.45) is -5.15. The van der Waals surface area contributed by atoms with Crippen molar-refractivity contribution in [1.82, 2.24) is 10.9 Å². The predicted molar refractivity (Wildman–Crippen MR) is 159 cm³/mol. The maximum absolute atomic E-state index is 13.4. The zero-order valence-electron chi connectivity index (χ0n) is 24.8. The van der Waals surface area contributed by atoms with Gasteiger partial charge in [-0.1, -0.05) is 12.1 Å². The van der Waals surface area contributed by atoms with E-state index in [0.717, 1.165) is 0 Å². The molecule has 15 heteroatoms. The van der Waals surface area contributed by atoms with E-state index in [9.17, 15) is 22.8 Å². The summed E-state index contributed by atoms with van der Waals surface area (Å²) in [5.41, 5.74) is 12.6. The molecule has 0 aliphatic rings. The Bertz CT molecular complexity index is 1480. The summed E-state index contributed by atoms with van der Waals surface area (Å²) in [5.74, 6) is -2.27. The molecule has 0 radical (unpaired) electrons. The van der Waals surface area contributed by atoms with Crippen LogP contribution in [0.1, 0.15) is 48.3 Å². The largest absolute Gasteiger partial charge is 0.497 e. The predicted octanol–water partition coefficient (Wildman–Crippen LogP) is 4.41. The molecule has 0 spiro atoms. The molecule has 0 bridgehead atoms. The van der Waals surface area contributed by atoms with E-state index in [4.69, 9.17) is 35.3 Å². The topological polar surface area (TPSA) is 185 Å². The van der Waals surface area contributed by atoms with Crippen molar-refractivity contribution < 1.29 is 46.9 Å². The number of carbonyl (C=O) groups excluding carboxylic acids is 2. The van der Waals surface area contributed by atoms with Gasteiger partial charge in [0.15, 0.2) is 11.5 Å². The average Bonchev–Trinajstić information content (AvgIpc) is 2.99. The molecule has 1 atom stereocenters. The molecule has 0 aliphatic heterocycles. The molecule has 12 nitrogen and oxygen atoms in total. The Morgan fingerprint density at radius 1 is 0.956 bits per heavy atom. The number of hydrazine groups is 1. The minimum Gasteiger partial charge on any atom is -0.497 e. The third kappa shape index (κ3) is 11.3. The van der Waals surface area contributed by atoms with Gasteiger partial charge >= 0.3 is 12.1 Å². The molecule has 2 amide bonds. The van der Waals surface area contributed by atoms with Crippen LogP contribution in [0.5, 0.6) is 17.2 Å². The van der Waals surface area contributed by atoms with Crippen molar-refractivity contribution in [3.63, 3.8) is 0 Å². The Balaban J connectivity index is 0.000000900. The Morgan fingerprint density at radius 2 is 1.60 bits per heavy atom. The monoisotopic (exact) mass is 633 g/mol. The van der Waals surface area contributed by atoms with Crippen molar-refractivity contribution in [2.75, 3.05) is 19.0 Å². The van der Waals surface area contributed by atoms with Crippen molar-refractivity contribution in [1.29, 1.82) is 5.41 Å². The second-order valence-electron chi connectivity index (χ2n) is 9.35. The van der Waals surface area contributed by atoms with Crippen molar-refractivity contribution in [3.8, 4) is 17.2 Å². The summed E-state index contributed by atoms with van der Waals surface area (Å²) >= 11 is 0. The molecule has 0 heterocycles. The van der Waals surface area contributed by atoms with E-state index >= 15 is 0 Å². The number of rotatable bonds is 11. The normalized spacial score (nSPS) is 11.3. The van der Waals surface area contributed by atoms with Crippen LogP contribution in [-0.4, -0.2) is 54.7 Å². The van der Waals surface area contributed by atoms with E-state index in [1.165, 1.54) is 7.11 Å². The highest BCUT2D eigenvalue weighted by molar-refractivity contribution is 5.97. The summed E-state index contributed by atoms with van der Waals surface area (Å²) < 4.78 is 48.5. The summed E-state index contributed by atoms with van der Waals surface area (Å²) in [6, 6.07) is 17.7. The van der Waals surface area contributed by atoms with E-state index in [2.05, 4.69) is 16.2 Å². The number of benzene rings is 3. The molecule has 0 aromatic heterocycles. The minimum absolute atomic E-state index is 0.0619. The third-order valence-electron chi connectivity index (χ3n) is 5.61. The highest BCUT2D eigenvalue weighted by Crippen LogP contribution is 2.33. The number of ether oxygens (including phenoxy) is 3. The summed E-state index contributed by atoms with van der Waals surface area (Å²) in [6.45, 7) is 6.10. The van der Waals surface area contributed by atoms with E-state index in [1.807, 2.05) is 20.8 Å². The van der Waals surface area contributed by atoms with Gasteiger partial charge in [-0.2, -0.15) is 13.2 Å². The number of carboxylic acid groups (broad SMARTS) is 1. The molecule has 0 saturated heterocycles. The number of nitrogen functional groups attached to an aromatic ring is 1. The lowest BCUT2D eigenvalue weighted by atomic mass is 10.0. The van der Waals surface area contributed by atoms with Crippen molar-refractivity contribution in [3.05, 3.63) is 83.4 Å². The van der Waals surface area contributed by atoms with Crippen molar-refractivity contribution in [2.45, 2.75) is 39.1 Å². The standard InChI is InChI=1S/C28H33N5O5.C2HF3O2/c1-5-37-24-16-19(11-14-23(24)38-17(2)3)25(31-21-12-9-18(10-13-21)26(29)30)28(35)33-32-27(34)20-7-6-8-22(15-20)36-4;3-2(4,5)1(6)7/h6-17,25,31H,5H2,1-4H3,(H3,29,30)(H,32,34)(H,33,35);(H,6,7). The van der Waals surface area contributed by atoms with Crippen LogP contribution in [0.25, 0.3) is 0 Å². The Labute approximate surface area is 257 Å². The zero-order chi connectivity index (χ0) is 33.7. The van der Waals surface area contributed by atoms with Gasteiger partial charge in [-0.3, -0.25) is 25.8 Å². The van der Waals surface area contributed by atoms with Crippen LogP contribution >= 0.6 is 0 Å². The van der Waals surface area contributed by atoms with Crippen LogP contribution in [0, 0.1) is 5.41 Å². The zero-order valence-corrected chi connectivity index (χ0v) is 24.8. The number of alkyl halides is 3. The fourth-order valence-electron chi connectivity index (χ4n) is 3.56. The van der Waals surface area contributed by atoms with Crippen LogP contribution in [-0.2, 0) is 9.59 Å². The van der Waals surface area contributed by atoms with Gasteiger partial charge in [0.05, 0.1) is 19.8 Å². The van der Waals surface area contributed by atoms with Crippen molar-refractivity contribution >= 4 is 29.3 Å². The maximum Gasteiger partial charge on any atom is 0.490 e. The minimum atomic E-state index is -5.08. The number of carbonyl (C=O) groups is 3. The average molecular weight is 634 g/mol. The number of anilines is 1. The van der Waals surface area contributed by atoms with E-state index in [1.54, 1.807) is 66.7 Å². The van der Waals surface area contributed by atoms with Crippen LogP contribution in [0.15, 0.2) is 66.7 Å². The first-order valence-corrected chi connectivity index (χ1v) is 13.3. The number of nitrogens with two attached hydrogens (primary N) is 1. The second-order valence-corrected chi connectivity index (χ2v) is 9.35. The highest BCUT2D eigenvalue weighted by atomic mass is 19.4. The quantitative estimate of drug-likeness (QED) is 0.101. The van der Waals surface area contributed by atoms with Gasteiger partial charge in [0.1, 0.15) is 17.6 Å². The highest BCUT2D eigenvalue weighted by Gasteiger charge is 2.38. The van der Waals surface area contributed by atoms with Gasteiger partial charge in [-0.05, 0) is 80.9 Å². The number of amidine groups is 1. The van der Waals surface area contributed by atoms with Gasteiger partial charge < -0.3 is 30.4 Å². The van der Waals surface area contributed by atoms with Crippen molar-refractivity contribution in [2.24, 2.45) is 5.73 Å². The fourth-order valence-corrected chi connectivity index (χ4v) is 3.56. The van der Waals surface area contributed by atoms with Crippen LogP contribution in [0.3, 0.4) is 0 Å². The molecule has 3 aromatic rings. The van der Waals surface area contributed by atoms with E-state index in [0.29, 0.717) is 46.2 Å². The van der Waals surface area contributed by atoms with Gasteiger partial charge in [-0.25, -0.2) is 4.79 Å². The molecule has 242 valence electrons. The number of halogens is 3. The van der Waals surface area contributed by atoms with Crippen LogP contribution in [0.2, 0.25) is 0 Å². The number of hydrogen-bond donors (Lipinski definition) is 6. The molecule has 1 unspecified atom stereocenters. The summed E-state index contributed by atoms with van der Waals surface area (Å²) in [4.78, 5) is 34.9. The Hall–Kier alpha value is -5.47. The van der Waals surface area contributed by atoms with Gasteiger partial charge in [-0.15, -0.1) is 0 Å². The van der Waals surface area contributed by atoms with Gasteiger partial charge in [0.25, 0.3) is 11.8 Å². The van der Waals surface area contributed by atoms with Crippen LogP contribution < -0.4 is 36.1 Å². The van der Waals surface area contributed by atoms with E-state index in [-0.39, 0.29) is 11.9 Å². The smallest absolute Gasteiger partial charge is 0.490 e. The Kier molecular flexibility index (Phi) is 13.0. The first-order chi connectivity index (χ1) is 21.2. The van der Waals surface area contributed by atoms with Gasteiger partial charge in [0, 0.05) is 16.8 Å². The van der Waals surface area contributed by atoms with Gasteiger partial charge in [0.2, 0.25) is 0 Å². The molecule has 3 rings (SSSR count). The molecule has 3 aromatic carbocycles. The lowest BCUT2D eigenvalue weighted by Gasteiger charge is -2.22. The lowest BCUT2D eigenvalue weighted by Crippen LogP contribution is -2.45. The molecule has 45 heavy (non-hydrogen) atoms. The number of amides is 2. The van der Waals surface area contributed by atoms with E-state index < -0.39 is 30.0 Å². The fraction of sp³-hybridized carbons (Fsp3) is 0.267. The molecule has 7 N–H and O–H groups in total. The Morgan fingerprint density at radius 3 is 2.13 bits per heavy atom. The number of hydrogen-bond acceptors (Lipinski definition) is 8. The van der Waals surface area contributed by atoms with Crippen LogP contribution in [0.4, 0.5) is 18.9 Å².